The van der Waals surface area contributed by atoms with E-state index in [0.717, 1.165) is 48.3 Å². The van der Waals surface area contributed by atoms with Gasteiger partial charge in [-0.05, 0) is 91.3 Å². The van der Waals surface area contributed by atoms with Crippen LogP contribution in [0.15, 0.2) is 11.6 Å². The van der Waals surface area contributed by atoms with Crippen molar-refractivity contribution in [2.45, 2.75) is 111 Å². The highest BCUT2D eigenvalue weighted by Gasteiger charge is 2.59. The van der Waals surface area contributed by atoms with Crippen LogP contribution in [-0.4, -0.2) is 17.4 Å². The first kappa shape index (κ1) is 24.8. The van der Waals surface area contributed by atoms with Gasteiger partial charge in [0.1, 0.15) is 11.4 Å². The van der Waals surface area contributed by atoms with Gasteiger partial charge in [0.05, 0.1) is 0 Å². The average Bonchev–Trinajstić information content (AvgIpc) is 3.11. The van der Waals surface area contributed by atoms with E-state index in [9.17, 15) is 4.79 Å². The van der Waals surface area contributed by atoms with Crippen molar-refractivity contribution >= 4 is 21.9 Å². The standard InChI is InChI=1S/C29H47BrO2/c1-19(2)7-6-8-20(3)24-11-12-25-23-10-9-21-17-22(32-27(31)18-30)13-15-28(21,4)26(23)14-16-29(24,25)5/h9,19-20,22-26H,6-8,10-18H2,1-5H3/t20-,22-,23+,24-,25+,26+,28+,29-/m1/s1. The fourth-order valence-corrected chi connectivity index (χ4v) is 9.10. The van der Waals surface area contributed by atoms with E-state index in [1.807, 2.05) is 0 Å². The third-order valence-electron chi connectivity index (χ3n) is 10.7. The molecule has 0 heterocycles. The first-order chi connectivity index (χ1) is 15.2. The molecule has 8 atom stereocenters. The second-order valence-corrected chi connectivity index (χ2v) is 13.3. The Morgan fingerprint density at radius 1 is 1.09 bits per heavy atom. The molecule has 0 aromatic rings. The van der Waals surface area contributed by atoms with Gasteiger partial charge in [-0.15, -0.1) is 0 Å². The Morgan fingerprint density at radius 2 is 1.88 bits per heavy atom. The van der Waals surface area contributed by atoms with Crippen LogP contribution in [0.25, 0.3) is 0 Å². The predicted molar refractivity (Wildman–Crippen MR) is 137 cm³/mol. The lowest BCUT2D eigenvalue weighted by atomic mass is 9.47. The van der Waals surface area contributed by atoms with Gasteiger partial charge < -0.3 is 4.74 Å². The highest BCUT2D eigenvalue weighted by atomic mass is 79.9. The summed E-state index contributed by atoms with van der Waals surface area (Å²) >= 11 is 3.24. The highest BCUT2D eigenvalue weighted by Crippen LogP contribution is 2.67. The first-order valence-electron chi connectivity index (χ1n) is 13.6. The second-order valence-electron chi connectivity index (χ2n) is 12.8. The SMILES string of the molecule is CC(C)CCC[C@@H](C)[C@H]1CC[C@H]2[C@@H]3CC=C4C[C@H](OC(=O)CBr)CC[C@]4(C)[C@H]3CC[C@]12C. The van der Waals surface area contributed by atoms with Crippen molar-refractivity contribution in [1.82, 2.24) is 0 Å². The van der Waals surface area contributed by atoms with E-state index in [1.54, 1.807) is 5.57 Å². The fraction of sp³-hybridized carbons (Fsp3) is 0.897. The summed E-state index contributed by atoms with van der Waals surface area (Å²) in [5.41, 5.74) is 2.50. The number of allylic oxidation sites excluding steroid dienone is 1. The molecule has 0 bridgehead atoms. The summed E-state index contributed by atoms with van der Waals surface area (Å²) in [6.45, 7) is 12.5. The molecule has 182 valence electrons. The molecule has 4 rings (SSSR count). The highest BCUT2D eigenvalue weighted by molar-refractivity contribution is 9.09. The molecule has 0 N–H and O–H groups in total. The van der Waals surface area contributed by atoms with Crippen molar-refractivity contribution in [3.05, 3.63) is 11.6 Å². The maximum atomic E-state index is 11.8. The van der Waals surface area contributed by atoms with Gasteiger partial charge in [0, 0.05) is 6.42 Å². The summed E-state index contributed by atoms with van der Waals surface area (Å²) in [6, 6.07) is 0. The Labute approximate surface area is 205 Å². The number of esters is 1. The Hall–Kier alpha value is -0.310. The zero-order valence-electron chi connectivity index (χ0n) is 21.3. The largest absolute Gasteiger partial charge is 0.461 e. The normalized spacial score (nSPS) is 42.0. The Balaban J connectivity index is 1.45. The van der Waals surface area contributed by atoms with Crippen LogP contribution in [0.2, 0.25) is 0 Å². The molecule has 2 nitrogen and oxygen atoms in total. The minimum atomic E-state index is -0.110. The number of fused-ring (bicyclic) bond motifs is 5. The monoisotopic (exact) mass is 506 g/mol. The molecule has 3 saturated carbocycles. The summed E-state index contributed by atoms with van der Waals surface area (Å²) in [5.74, 6) is 5.16. The number of rotatable bonds is 7. The quantitative estimate of drug-likeness (QED) is 0.197. The number of halogens is 1. The lowest BCUT2D eigenvalue weighted by molar-refractivity contribution is -0.148. The minimum absolute atomic E-state index is 0.0901. The maximum Gasteiger partial charge on any atom is 0.316 e. The van der Waals surface area contributed by atoms with E-state index in [-0.39, 0.29) is 12.1 Å². The summed E-state index contributed by atoms with van der Waals surface area (Å²) in [4.78, 5) is 11.8. The van der Waals surface area contributed by atoms with Gasteiger partial charge >= 0.3 is 5.97 Å². The molecule has 0 unspecified atom stereocenters. The topological polar surface area (TPSA) is 26.3 Å². The van der Waals surface area contributed by atoms with Crippen molar-refractivity contribution < 1.29 is 9.53 Å². The molecule has 32 heavy (non-hydrogen) atoms. The van der Waals surface area contributed by atoms with Crippen LogP contribution in [0.5, 0.6) is 0 Å². The molecule has 0 radical (unpaired) electrons. The molecule has 0 aliphatic heterocycles. The molecule has 0 saturated heterocycles. The van der Waals surface area contributed by atoms with Crippen molar-refractivity contribution in [2.24, 2.45) is 46.3 Å². The van der Waals surface area contributed by atoms with Crippen LogP contribution in [0.1, 0.15) is 105 Å². The van der Waals surface area contributed by atoms with Gasteiger partial charge in [0.2, 0.25) is 0 Å². The zero-order chi connectivity index (χ0) is 23.1. The van der Waals surface area contributed by atoms with Crippen molar-refractivity contribution in [3.8, 4) is 0 Å². The van der Waals surface area contributed by atoms with Crippen LogP contribution in [0, 0.1) is 46.3 Å². The van der Waals surface area contributed by atoms with Gasteiger partial charge in [-0.25, -0.2) is 0 Å². The van der Waals surface area contributed by atoms with Crippen LogP contribution in [-0.2, 0) is 9.53 Å². The van der Waals surface area contributed by atoms with E-state index >= 15 is 0 Å². The lowest BCUT2D eigenvalue weighted by Crippen LogP contribution is -2.51. The van der Waals surface area contributed by atoms with Crippen molar-refractivity contribution in [2.75, 3.05) is 5.33 Å². The third kappa shape index (κ3) is 4.50. The summed E-state index contributed by atoms with van der Waals surface area (Å²) in [5, 5.41) is 0.307. The minimum Gasteiger partial charge on any atom is -0.461 e. The van der Waals surface area contributed by atoms with Crippen LogP contribution >= 0.6 is 15.9 Å². The Kier molecular flexibility index (Phi) is 7.55. The number of alkyl halides is 1. The molecule has 3 fully saturated rings. The van der Waals surface area contributed by atoms with E-state index in [1.165, 1.54) is 57.8 Å². The molecular weight excluding hydrogens is 460 g/mol. The molecular formula is C29H47BrO2. The first-order valence-corrected chi connectivity index (χ1v) is 14.8. The van der Waals surface area contributed by atoms with E-state index in [0.29, 0.717) is 16.2 Å². The number of carbonyl (C=O) groups excluding carboxylic acids is 1. The summed E-state index contributed by atoms with van der Waals surface area (Å²) < 4.78 is 5.72. The number of hydrogen-bond acceptors (Lipinski definition) is 2. The predicted octanol–water partition coefficient (Wildman–Crippen LogP) is 8.33. The van der Waals surface area contributed by atoms with Gasteiger partial charge in [-0.1, -0.05) is 81.5 Å². The zero-order valence-corrected chi connectivity index (χ0v) is 22.9. The lowest BCUT2D eigenvalue weighted by Gasteiger charge is -2.58. The fourth-order valence-electron chi connectivity index (χ4n) is 8.97. The summed E-state index contributed by atoms with van der Waals surface area (Å²) in [7, 11) is 0. The Morgan fingerprint density at radius 3 is 2.59 bits per heavy atom. The molecule has 3 heteroatoms. The van der Waals surface area contributed by atoms with Crippen molar-refractivity contribution in [3.63, 3.8) is 0 Å². The number of carbonyl (C=O) groups is 1. The van der Waals surface area contributed by atoms with Gasteiger partial charge in [0.15, 0.2) is 0 Å². The molecule has 4 aliphatic carbocycles. The Bertz CT molecular complexity index is 714. The van der Waals surface area contributed by atoms with Crippen LogP contribution in [0.3, 0.4) is 0 Å². The van der Waals surface area contributed by atoms with Crippen molar-refractivity contribution in [1.29, 1.82) is 0 Å². The van der Waals surface area contributed by atoms with E-state index in [4.69, 9.17) is 4.74 Å². The van der Waals surface area contributed by atoms with Gasteiger partial charge in [-0.3, -0.25) is 4.79 Å². The molecule has 0 aromatic heterocycles. The third-order valence-corrected chi connectivity index (χ3v) is 11.1. The molecule has 0 amide bonds. The van der Waals surface area contributed by atoms with Crippen LogP contribution < -0.4 is 0 Å². The number of hydrogen-bond donors (Lipinski definition) is 0. The molecule has 0 spiro atoms. The molecule has 4 aliphatic rings. The smallest absolute Gasteiger partial charge is 0.316 e. The maximum absolute atomic E-state index is 11.8. The van der Waals surface area contributed by atoms with Gasteiger partial charge in [0.25, 0.3) is 0 Å². The average molecular weight is 508 g/mol. The second kappa shape index (κ2) is 9.74. The summed E-state index contributed by atoms with van der Waals surface area (Å²) in [6.07, 6.45) is 17.1. The van der Waals surface area contributed by atoms with Gasteiger partial charge in [-0.2, -0.15) is 0 Å². The number of ether oxygens (including phenoxy) is 1. The van der Waals surface area contributed by atoms with E-state index in [2.05, 4.69) is 56.6 Å². The van der Waals surface area contributed by atoms with Crippen LogP contribution in [0.4, 0.5) is 0 Å². The van der Waals surface area contributed by atoms with E-state index < -0.39 is 0 Å². The molecule has 0 aromatic carbocycles.